The molecule has 6 nitrogen and oxygen atoms in total. The number of benzene rings is 2. The maximum absolute atomic E-state index is 10.3. The van der Waals surface area contributed by atoms with Crippen LogP contribution < -0.4 is 0 Å². The van der Waals surface area contributed by atoms with E-state index in [-0.39, 0.29) is 0 Å². The molecule has 0 spiro atoms. The van der Waals surface area contributed by atoms with Crippen LogP contribution in [-0.4, -0.2) is 47.8 Å². The molecular weight excluding hydrogens is 336 g/mol. The van der Waals surface area contributed by atoms with E-state index in [2.05, 4.69) is 0 Å². The van der Waals surface area contributed by atoms with Crippen LogP contribution in [0.5, 0.6) is 0 Å². The Labute approximate surface area is 151 Å². The molecule has 2 aromatic carbocycles. The number of aliphatic hydroxyl groups excluding tert-OH is 2. The van der Waals surface area contributed by atoms with E-state index in [1.165, 1.54) is 0 Å². The standard InChI is InChI=1S/C20H22O6/c21-11-15(22)17-18-16(24-20(25-17)14-9-5-2-6-10-14)12-23-19(26-18)13-7-3-1-4-8-13/h1-10,15-22H,11-12H2/t15?,16?,17?,18?,19?,20-/m0/s1. The molecule has 6 atom stereocenters. The first-order chi connectivity index (χ1) is 12.8. The molecule has 4 rings (SSSR count). The van der Waals surface area contributed by atoms with Crippen LogP contribution >= 0.6 is 0 Å². The normalized spacial score (nSPS) is 32.6. The van der Waals surface area contributed by atoms with Gasteiger partial charge in [0.2, 0.25) is 0 Å². The van der Waals surface area contributed by atoms with Crippen molar-refractivity contribution in [3.63, 3.8) is 0 Å². The third-order valence-electron chi connectivity index (χ3n) is 4.67. The van der Waals surface area contributed by atoms with Gasteiger partial charge in [0.1, 0.15) is 24.4 Å². The van der Waals surface area contributed by atoms with Crippen molar-refractivity contribution in [2.75, 3.05) is 13.2 Å². The summed E-state index contributed by atoms with van der Waals surface area (Å²) in [5.74, 6) is 0. The fourth-order valence-corrected chi connectivity index (χ4v) is 3.33. The van der Waals surface area contributed by atoms with Crippen LogP contribution in [0, 0.1) is 0 Å². The summed E-state index contributed by atoms with van der Waals surface area (Å²) in [7, 11) is 0. The van der Waals surface area contributed by atoms with Crippen LogP contribution in [-0.2, 0) is 18.9 Å². The largest absolute Gasteiger partial charge is 0.394 e. The molecule has 0 radical (unpaired) electrons. The molecule has 2 N–H and O–H groups in total. The third kappa shape index (κ3) is 3.53. The van der Waals surface area contributed by atoms with E-state index < -0.39 is 43.6 Å². The van der Waals surface area contributed by atoms with E-state index in [1.807, 2.05) is 60.7 Å². The van der Waals surface area contributed by atoms with Gasteiger partial charge in [-0.2, -0.15) is 0 Å². The van der Waals surface area contributed by atoms with Crippen molar-refractivity contribution in [2.45, 2.75) is 37.0 Å². The minimum atomic E-state index is -1.08. The van der Waals surface area contributed by atoms with Crippen molar-refractivity contribution >= 4 is 0 Å². The Bertz CT molecular complexity index is 692. The molecule has 0 aromatic heterocycles. The van der Waals surface area contributed by atoms with Crippen molar-refractivity contribution in [3.8, 4) is 0 Å². The van der Waals surface area contributed by atoms with Crippen LogP contribution in [0.4, 0.5) is 0 Å². The van der Waals surface area contributed by atoms with Crippen LogP contribution in [0.25, 0.3) is 0 Å². The summed E-state index contributed by atoms with van der Waals surface area (Å²) in [5.41, 5.74) is 1.72. The van der Waals surface area contributed by atoms with Crippen LogP contribution in [0.1, 0.15) is 23.7 Å². The third-order valence-corrected chi connectivity index (χ3v) is 4.67. The van der Waals surface area contributed by atoms with Gasteiger partial charge in [-0.1, -0.05) is 60.7 Å². The average Bonchev–Trinajstić information content (AvgIpc) is 2.73. The SMILES string of the molecule is OCC(O)C1O[C@@H](c2ccccc2)OC2COC(c3ccccc3)OC21. The monoisotopic (exact) mass is 358 g/mol. The minimum Gasteiger partial charge on any atom is -0.394 e. The summed E-state index contributed by atoms with van der Waals surface area (Å²) in [4.78, 5) is 0. The molecule has 2 aliphatic heterocycles. The van der Waals surface area contributed by atoms with Gasteiger partial charge < -0.3 is 29.2 Å². The van der Waals surface area contributed by atoms with E-state index in [0.29, 0.717) is 6.61 Å². The Morgan fingerprint density at radius 1 is 0.846 bits per heavy atom. The molecule has 0 saturated carbocycles. The molecule has 0 aliphatic carbocycles. The summed E-state index contributed by atoms with van der Waals surface area (Å²) in [6.07, 6.45) is -3.96. The summed E-state index contributed by atoms with van der Waals surface area (Å²) in [6.45, 7) is -0.110. The predicted octanol–water partition coefficient (Wildman–Crippen LogP) is 1.94. The van der Waals surface area contributed by atoms with Crippen LogP contribution in [0.3, 0.4) is 0 Å². The highest BCUT2D eigenvalue weighted by Crippen LogP contribution is 2.38. The van der Waals surface area contributed by atoms with Gasteiger partial charge in [-0.25, -0.2) is 0 Å². The molecular formula is C20H22O6. The lowest BCUT2D eigenvalue weighted by molar-refractivity contribution is -0.373. The average molecular weight is 358 g/mol. The lowest BCUT2D eigenvalue weighted by Crippen LogP contribution is -2.58. The molecule has 5 unspecified atom stereocenters. The molecule has 2 heterocycles. The zero-order valence-electron chi connectivity index (χ0n) is 14.2. The van der Waals surface area contributed by atoms with Crippen LogP contribution in [0.15, 0.2) is 60.7 Å². The van der Waals surface area contributed by atoms with E-state index in [4.69, 9.17) is 18.9 Å². The number of fused-ring (bicyclic) bond motifs is 1. The zero-order chi connectivity index (χ0) is 17.9. The van der Waals surface area contributed by atoms with E-state index in [0.717, 1.165) is 11.1 Å². The van der Waals surface area contributed by atoms with E-state index in [1.54, 1.807) is 0 Å². The molecule has 26 heavy (non-hydrogen) atoms. The zero-order valence-corrected chi connectivity index (χ0v) is 14.2. The lowest BCUT2D eigenvalue weighted by Gasteiger charge is -2.47. The van der Waals surface area contributed by atoms with Gasteiger partial charge in [0.15, 0.2) is 12.6 Å². The second-order valence-electron chi connectivity index (χ2n) is 6.44. The second-order valence-corrected chi connectivity index (χ2v) is 6.44. The summed E-state index contributed by atoms with van der Waals surface area (Å²) >= 11 is 0. The topological polar surface area (TPSA) is 77.4 Å². The Balaban J connectivity index is 1.56. The number of ether oxygens (including phenoxy) is 4. The van der Waals surface area contributed by atoms with Crippen molar-refractivity contribution < 1.29 is 29.2 Å². The maximum Gasteiger partial charge on any atom is 0.184 e. The highest BCUT2D eigenvalue weighted by Gasteiger charge is 2.48. The lowest BCUT2D eigenvalue weighted by atomic mass is 9.99. The van der Waals surface area contributed by atoms with Gasteiger partial charge in [-0.15, -0.1) is 0 Å². The van der Waals surface area contributed by atoms with Crippen LogP contribution in [0.2, 0.25) is 0 Å². The van der Waals surface area contributed by atoms with Crippen molar-refractivity contribution in [1.29, 1.82) is 0 Å². The van der Waals surface area contributed by atoms with Gasteiger partial charge in [0.25, 0.3) is 0 Å². The predicted molar refractivity (Wildman–Crippen MR) is 92.0 cm³/mol. The van der Waals surface area contributed by atoms with Gasteiger partial charge in [-0.3, -0.25) is 0 Å². The Kier molecular flexibility index (Phi) is 5.31. The van der Waals surface area contributed by atoms with E-state index >= 15 is 0 Å². The molecule has 0 amide bonds. The Morgan fingerprint density at radius 2 is 1.46 bits per heavy atom. The maximum atomic E-state index is 10.3. The molecule has 0 bridgehead atoms. The smallest absolute Gasteiger partial charge is 0.184 e. The molecule has 2 saturated heterocycles. The molecule has 138 valence electrons. The second kappa shape index (κ2) is 7.84. The summed E-state index contributed by atoms with van der Waals surface area (Å²) < 4.78 is 23.9. The first-order valence-corrected chi connectivity index (χ1v) is 8.73. The summed E-state index contributed by atoms with van der Waals surface area (Å²) in [5, 5.41) is 19.8. The molecule has 2 aromatic rings. The number of aliphatic hydroxyl groups is 2. The quantitative estimate of drug-likeness (QED) is 0.870. The minimum absolute atomic E-state index is 0.311. The number of rotatable bonds is 4. The fourth-order valence-electron chi connectivity index (χ4n) is 3.33. The number of hydrogen-bond donors (Lipinski definition) is 2. The van der Waals surface area contributed by atoms with Gasteiger partial charge in [0, 0.05) is 11.1 Å². The van der Waals surface area contributed by atoms with Crippen molar-refractivity contribution in [2.24, 2.45) is 0 Å². The van der Waals surface area contributed by atoms with Crippen molar-refractivity contribution in [3.05, 3.63) is 71.8 Å². The Morgan fingerprint density at radius 3 is 2.08 bits per heavy atom. The van der Waals surface area contributed by atoms with Crippen molar-refractivity contribution in [1.82, 2.24) is 0 Å². The highest BCUT2D eigenvalue weighted by molar-refractivity contribution is 5.18. The van der Waals surface area contributed by atoms with Gasteiger partial charge >= 0.3 is 0 Å². The Hall–Kier alpha value is -1.80. The molecule has 2 fully saturated rings. The summed E-state index contributed by atoms with van der Waals surface area (Å²) in [6, 6.07) is 19.1. The van der Waals surface area contributed by atoms with E-state index in [9.17, 15) is 10.2 Å². The molecule has 6 heteroatoms. The van der Waals surface area contributed by atoms with Gasteiger partial charge in [0.05, 0.1) is 13.2 Å². The fraction of sp³-hybridized carbons (Fsp3) is 0.400. The molecule has 2 aliphatic rings. The first kappa shape index (κ1) is 17.6. The van der Waals surface area contributed by atoms with Gasteiger partial charge in [-0.05, 0) is 0 Å². The number of hydrogen-bond acceptors (Lipinski definition) is 6. The highest BCUT2D eigenvalue weighted by atomic mass is 16.8. The first-order valence-electron chi connectivity index (χ1n) is 8.73.